The first kappa shape index (κ1) is 17.9. The molecule has 0 fully saturated rings. The summed E-state index contributed by atoms with van der Waals surface area (Å²) >= 11 is 7.31. The Balaban J connectivity index is 1.72. The maximum absolute atomic E-state index is 12.9. The van der Waals surface area contributed by atoms with E-state index in [9.17, 15) is 8.42 Å². The highest BCUT2D eigenvalue weighted by Gasteiger charge is 2.25. The van der Waals surface area contributed by atoms with Crippen LogP contribution in [0.5, 0.6) is 0 Å². The van der Waals surface area contributed by atoms with E-state index in [2.05, 4.69) is 15.3 Å². The summed E-state index contributed by atoms with van der Waals surface area (Å²) in [6.07, 6.45) is 3.47. The molecule has 8 heteroatoms. The first-order valence-electron chi connectivity index (χ1n) is 8.03. The Bertz CT molecular complexity index is 1230. The van der Waals surface area contributed by atoms with Gasteiger partial charge in [0.2, 0.25) is 9.84 Å². The molecule has 0 atom stereocenters. The monoisotopic (exact) mass is 415 g/mol. The lowest BCUT2D eigenvalue weighted by Crippen LogP contribution is -2.03. The fourth-order valence-electron chi connectivity index (χ4n) is 2.68. The predicted octanol–water partition coefficient (Wildman–Crippen LogP) is 5.23. The summed E-state index contributed by atoms with van der Waals surface area (Å²) in [5.41, 5.74) is 1.78. The van der Waals surface area contributed by atoms with Gasteiger partial charge in [0.25, 0.3) is 0 Å². The Morgan fingerprint density at radius 2 is 1.85 bits per heavy atom. The van der Waals surface area contributed by atoms with Gasteiger partial charge in [-0.05, 0) is 31.2 Å². The van der Waals surface area contributed by atoms with E-state index in [1.807, 2.05) is 31.2 Å². The van der Waals surface area contributed by atoms with E-state index in [1.54, 1.807) is 36.7 Å². The van der Waals surface area contributed by atoms with Crippen LogP contribution in [0.1, 0.15) is 5.56 Å². The molecular weight excluding hydrogens is 402 g/mol. The Hall–Kier alpha value is -2.48. The third kappa shape index (κ3) is 3.41. The molecule has 4 aromatic rings. The van der Waals surface area contributed by atoms with Crippen LogP contribution in [0.15, 0.2) is 70.8 Å². The van der Waals surface area contributed by atoms with Gasteiger partial charge < -0.3 is 5.32 Å². The number of pyridine rings is 1. The quantitative estimate of drug-likeness (QED) is 0.494. The second-order valence-corrected chi connectivity index (χ2v) is 9.41. The molecule has 0 aliphatic rings. The number of aryl methyl sites for hydroxylation is 1. The summed E-state index contributed by atoms with van der Waals surface area (Å²) in [6, 6.07) is 14.2. The molecule has 5 nitrogen and oxygen atoms in total. The van der Waals surface area contributed by atoms with Crippen LogP contribution >= 0.6 is 22.9 Å². The largest absolute Gasteiger partial charge is 0.331 e. The third-order valence-electron chi connectivity index (χ3n) is 4.07. The van der Waals surface area contributed by atoms with E-state index in [1.165, 1.54) is 0 Å². The second kappa shape index (κ2) is 6.92. The molecule has 2 aromatic heterocycles. The Morgan fingerprint density at radius 3 is 2.63 bits per heavy atom. The number of nitrogens with zero attached hydrogens (tertiary/aromatic N) is 2. The molecule has 2 heterocycles. The number of hydrogen-bond donors (Lipinski definition) is 1. The first-order valence-corrected chi connectivity index (χ1v) is 10.7. The predicted molar refractivity (Wildman–Crippen MR) is 109 cm³/mol. The Labute approximate surface area is 165 Å². The summed E-state index contributed by atoms with van der Waals surface area (Å²) in [5, 5.41) is 5.38. The van der Waals surface area contributed by atoms with Crippen LogP contribution in [-0.2, 0) is 9.84 Å². The SMILES string of the molecule is Cc1ccc(S(=O)(=O)c2nc(Nc3cccc4cnccc34)sc2Cl)cc1. The number of anilines is 2. The fraction of sp³-hybridized carbons (Fsp3) is 0.0526. The number of thiazole rings is 1. The Kier molecular flexibility index (Phi) is 4.59. The molecule has 0 saturated carbocycles. The van der Waals surface area contributed by atoms with Crippen molar-refractivity contribution in [1.29, 1.82) is 0 Å². The number of aromatic nitrogens is 2. The van der Waals surface area contributed by atoms with E-state index in [0.717, 1.165) is 33.4 Å². The van der Waals surface area contributed by atoms with Gasteiger partial charge in [0.05, 0.1) is 4.90 Å². The second-order valence-electron chi connectivity index (χ2n) is 5.94. The van der Waals surface area contributed by atoms with Crippen LogP contribution in [0.3, 0.4) is 0 Å². The van der Waals surface area contributed by atoms with Gasteiger partial charge in [0.15, 0.2) is 10.2 Å². The number of benzene rings is 2. The molecule has 0 radical (unpaired) electrons. The van der Waals surface area contributed by atoms with Crippen molar-refractivity contribution in [1.82, 2.24) is 9.97 Å². The highest BCUT2D eigenvalue weighted by atomic mass is 35.5. The summed E-state index contributed by atoms with van der Waals surface area (Å²) in [5.74, 6) is 0. The maximum Gasteiger partial charge on any atom is 0.226 e. The molecule has 0 spiro atoms. The summed E-state index contributed by atoms with van der Waals surface area (Å²) < 4.78 is 25.9. The zero-order valence-corrected chi connectivity index (χ0v) is 16.6. The molecule has 0 aliphatic carbocycles. The lowest BCUT2D eigenvalue weighted by molar-refractivity contribution is 0.593. The topological polar surface area (TPSA) is 72.0 Å². The maximum atomic E-state index is 12.9. The van der Waals surface area contributed by atoms with E-state index in [-0.39, 0.29) is 14.3 Å². The van der Waals surface area contributed by atoms with Gasteiger partial charge in [-0.1, -0.05) is 52.8 Å². The lowest BCUT2D eigenvalue weighted by atomic mass is 10.1. The van der Waals surface area contributed by atoms with Crippen molar-refractivity contribution in [3.63, 3.8) is 0 Å². The average Bonchev–Trinajstić information content (AvgIpc) is 3.03. The lowest BCUT2D eigenvalue weighted by Gasteiger charge is -2.06. The van der Waals surface area contributed by atoms with Gasteiger partial charge >= 0.3 is 0 Å². The molecule has 2 aromatic carbocycles. The van der Waals surface area contributed by atoms with Crippen LogP contribution in [0.2, 0.25) is 4.34 Å². The highest BCUT2D eigenvalue weighted by Crippen LogP contribution is 2.36. The van der Waals surface area contributed by atoms with Crippen molar-refractivity contribution in [2.24, 2.45) is 0 Å². The highest BCUT2D eigenvalue weighted by molar-refractivity contribution is 7.91. The molecule has 136 valence electrons. The molecule has 4 rings (SSSR count). The standard InChI is InChI=1S/C19H14ClN3O2S2/c1-12-5-7-14(8-6-12)27(24,25)18-17(20)26-19(23-18)22-16-4-2-3-13-11-21-10-9-15(13)16/h2-11H,1H3,(H,22,23). The molecule has 0 amide bonds. The third-order valence-corrected chi connectivity index (χ3v) is 7.17. The van der Waals surface area contributed by atoms with Gasteiger partial charge in [-0.2, -0.15) is 0 Å². The number of hydrogen-bond acceptors (Lipinski definition) is 6. The van der Waals surface area contributed by atoms with Crippen LogP contribution in [0.25, 0.3) is 10.8 Å². The van der Waals surface area contributed by atoms with Crippen LogP contribution in [0, 0.1) is 6.92 Å². The molecular formula is C19H14ClN3O2S2. The number of fused-ring (bicyclic) bond motifs is 1. The average molecular weight is 416 g/mol. The minimum Gasteiger partial charge on any atom is -0.331 e. The summed E-state index contributed by atoms with van der Waals surface area (Å²) in [4.78, 5) is 8.53. The fourth-order valence-corrected chi connectivity index (χ4v) is 5.50. The first-order chi connectivity index (χ1) is 12.9. The van der Waals surface area contributed by atoms with Gasteiger partial charge in [-0.25, -0.2) is 13.4 Å². The van der Waals surface area contributed by atoms with Gasteiger partial charge in [0.1, 0.15) is 4.34 Å². The molecule has 0 bridgehead atoms. The molecule has 27 heavy (non-hydrogen) atoms. The molecule has 1 N–H and O–H groups in total. The van der Waals surface area contributed by atoms with Gasteiger partial charge in [0, 0.05) is 28.9 Å². The number of nitrogens with one attached hydrogen (secondary N) is 1. The van der Waals surface area contributed by atoms with Crippen molar-refractivity contribution >= 4 is 54.4 Å². The minimum atomic E-state index is -3.78. The van der Waals surface area contributed by atoms with Crippen molar-refractivity contribution in [2.75, 3.05) is 5.32 Å². The van der Waals surface area contributed by atoms with Gasteiger partial charge in [-0.15, -0.1) is 0 Å². The van der Waals surface area contributed by atoms with Crippen molar-refractivity contribution in [2.45, 2.75) is 16.8 Å². The van der Waals surface area contributed by atoms with E-state index in [0.29, 0.717) is 5.13 Å². The van der Waals surface area contributed by atoms with Crippen molar-refractivity contribution in [3.05, 3.63) is 70.8 Å². The van der Waals surface area contributed by atoms with Crippen LogP contribution < -0.4 is 5.32 Å². The number of sulfone groups is 1. The van der Waals surface area contributed by atoms with E-state index >= 15 is 0 Å². The summed E-state index contributed by atoms with van der Waals surface area (Å²) in [7, 11) is -3.78. The normalized spacial score (nSPS) is 11.6. The summed E-state index contributed by atoms with van der Waals surface area (Å²) in [6.45, 7) is 1.90. The van der Waals surface area contributed by atoms with Crippen molar-refractivity contribution < 1.29 is 8.42 Å². The van der Waals surface area contributed by atoms with E-state index < -0.39 is 9.84 Å². The zero-order valence-electron chi connectivity index (χ0n) is 14.2. The van der Waals surface area contributed by atoms with Crippen molar-refractivity contribution in [3.8, 4) is 0 Å². The van der Waals surface area contributed by atoms with Crippen LogP contribution in [-0.4, -0.2) is 18.4 Å². The molecule has 0 unspecified atom stereocenters. The molecule has 0 saturated heterocycles. The van der Waals surface area contributed by atoms with E-state index in [4.69, 9.17) is 11.6 Å². The molecule has 0 aliphatic heterocycles. The van der Waals surface area contributed by atoms with Gasteiger partial charge in [-0.3, -0.25) is 4.98 Å². The number of halogens is 1. The Morgan fingerprint density at radius 1 is 1.07 bits per heavy atom. The smallest absolute Gasteiger partial charge is 0.226 e. The minimum absolute atomic E-state index is 0.125. The van der Waals surface area contributed by atoms with Crippen LogP contribution in [0.4, 0.5) is 10.8 Å². The zero-order chi connectivity index (χ0) is 19.0. The number of rotatable bonds is 4.